The van der Waals surface area contributed by atoms with E-state index < -0.39 is 17.0 Å². The Morgan fingerprint density at radius 2 is 2.04 bits per heavy atom. The molecule has 0 spiro atoms. The number of hydrogen-bond donors (Lipinski definition) is 1. The van der Waals surface area contributed by atoms with Gasteiger partial charge in [0.1, 0.15) is 11.1 Å². The minimum atomic E-state index is -4.47. The molecule has 5 nitrogen and oxygen atoms in total. The van der Waals surface area contributed by atoms with Crippen LogP contribution in [0.15, 0.2) is 46.2 Å². The first kappa shape index (κ1) is 18.7. The Labute approximate surface area is 156 Å². The lowest BCUT2D eigenvalue weighted by Crippen LogP contribution is -2.30. The van der Waals surface area contributed by atoms with Gasteiger partial charge in [-0.1, -0.05) is 11.6 Å². The quantitative estimate of drug-likeness (QED) is 0.717. The van der Waals surface area contributed by atoms with Crippen LogP contribution in [0.5, 0.6) is 0 Å². The first-order valence-electron chi connectivity index (χ1n) is 7.46. The molecule has 10 heteroatoms. The molecule has 2 aromatic rings. The van der Waals surface area contributed by atoms with Gasteiger partial charge in [-0.2, -0.15) is 18.3 Å². The van der Waals surface area contributed by atoms with E-state index in [-0.39, 0.29) is 28.4 Å². The van der Waals surface area contributed by atoms with Crippen molar-refractivity contribution in [2.24, 2.45) is 9.63 Å². The minimum Gasteiger partial charge on any atom is -0.310 e. The Hall–Kier alpha value is -2.13. The normalized spacial score (nSPS) is 19.6. The second kappa shape index (κ2) is 7.24. The van der Waals surface area contributed by atoms with E-state index >= 15 is 0 Å². The zero-order valence-corrected chi connectivity index (χ0v) is 14.9. The summed E-state index contributed by atoms with van der Waals surface area (Å²) in [5.74, 6) is -0.00796. The fourth-order valence-electron chi connectivity index (χ4n) is 2.32. The van der Waals surface area contributed by atoms with Crippen LogP contribution in [0.3, 0.4) is 0 Å². The van der Waals surface area contributed by atoms with Gasteiger partial charge < -0.3 is 5.32 Å². The van der Waals surface area contributed by atoms with E-state index in [9.17, 15) is 18.0 Å². The van der Waals surface area contributed by atoms with Crippen molar-refractivity contribution in [3.8, 4) is 11.1 Å². The molecule has 0 saturated heterocycles. The molecule has 0 radical (unpaired) electrons. The van der Waals surface area contributed by atoms with E-state index in [0.717, 1.165) is 24.1 Å². The fraction of sp³-hybridized carbons (Fsp3) is 0.250. The predicted molar refractivity (Wildman–Crippen MR) is 94.0 cm³/mol. The minimum absolute atomic E-state index is 0.177. The number of aromatic nitrogens is 1. The lowest BCUT2D eigenvalue weighted by Gasteiger charge is -2.12. The largest absolute Gasteiger partial charge is 0.416 e. The van der Waals surface area contributed by atoms with Crippen molar-refractivity contribution in [2.75, 3.05) is 5.32 Å². The number of nitrogens with zero attached hydrogens (tertiary/aromatic N) is 3. The van der Waals surface area contributed by atoms with Crippen molar-refractivity contribution < 1.29 is 18.0 Å². The standard InChI is InChI=1S/C16H12ClF3N4OS/c1-8-14(26-24-23-8)15(25)22-13-5-2-9(7-21-13)11-6-10(16(18,19)20)3-4-12(11)17/h2-8,14H,1H3,(H,21,22,25). The van der Waals surface area contributed by atoms with Gasteiger partial charge in [-0.25, -0.2) is 4.98 Å². The second-order valence-electron chi connectivity index (χ2n) is 5.58. The molecule has 1 aromatic carbocycles. The summed E-state index contributed by atoms with van der Waals surface area (Å²) < 4.78 is 42.4. The molecule has 26 heavy (non-hydrogen) atoms. The summed E-state index contributed by atoms with van der Waals surface area (Å²) in [5, 5.41) is 6.25. The van der Waals surface area contributed by atoms with Gasteiger partial charge >= 0.3 is 6.18 Å². The van der Waals surface area contributed by atoms with Crippen molar-refractivity contribution in [3.63, 3.8) is 0 Å². The Morgan fingerprint density at radius 3 is 2.62 bits per heavy atom. The SMILES string of the molecule is CC1N=NSC1C(=O)Nc1ccc(-c2cc(C(F)(F)F)ccc2Cl)cn1. The van der Waals surface area contributed by atoms with E-state index in [1.807, 2.05) is 0 Å². The summed E-state index contributed by atoms with van der Waals surface area (Å²) in [5.41, 5.74) is -0.175. The van der Waals surface area contributed by atoms with Gasteiger partial charge in [0.25, 0.3) is 0 Å². The first-order valence-corrected chi connectivity index (χ1v) is 8.67. The number of pyridine rings is 1. The summed E-state index contributed by atoms with van der Waals surface area (Å²) in [6.07, 6.45) is -3.11. The number of benzene rings is 1. The fourth-order valence-corrected chi connectivity index (χ4v) is 3.23. The number of anilines is 1. The maximum absolute atomic E-state index is 12.9. The molecule has 1 N–H and O–H groups in total. The van der Waals surface area contributed by atoms with Gasteiger partial charge in [0.05, 0.1) is 11.6 Å². The highest BCUT2D eigenvalue weighted by atomic mass is 35.5. The Bertz CT molecular complexity index is 858. The number of amides is 1. The molecule has 1 aliphatic heterocycles. The molecular formula is C16H12ClF3N4OS. The molecule has 1 amide bonds. The van der Waals surface area contributed by atoms with Crippen LogP contribution in [0.1, 0.15) is 12.5 Å². The number of rotatable bonds is 3. The molecule has 0 fully saturated rings. The number of carbonyl (C=O) groups excluding carboxylic acids is 1. The van der Waals surface area contributed by atoms with Crippen molar-refractivity contribution in [2.45, 2.75) is 24.4 Å². The van der Waals surface area contributed by atoms with E-state index in [1.165, 1.54) is 18.3 Å². The maximum Gasteiger partial charge on any atom is 0.416 e. The van der Waals surface area contributed by atoms with E-state index in [2.05, 4.69) is 19.9 Å². The van der Waals surface area contributed by atoms with Gasteiger partial charge in [-0.05, 0) is 37.3 Å². The summed E-state index contributed by atoms with van der Waals surface area (Å²) in [4.78, 5) is 16.2. The number of carbonyl (C=O) groups is 1. The van der Waals surface area contributed by atoms with Crippen LogP contribution in [-0.4, -0.2) is 22.2 Å². The number of alkyl halides is 3. The molecule has 3 rings (SSSR count). The molecule has 0 saturated carbocycles. The van der Waals surface area contributed by atoms with Crippen molar-refractivity contribution in [1.82, 2.24) is 4.98 Å². The third kappa shape index (κ3) is 3.99. The molecule has 136 valence electrons. The second-order valence-corrected chi connectivity index (χ2v) is 6.87. The Kier molecular flexibility index (Phi) is 5.19. The van der Waals surface area contributed by atoms with Crippen LogP contribution in [-0.2, 0) is 11.0 Å². The highest BCUT2D eigenvalue weighted by molar-refractivity contribution is 7.99. The molecular weight excluding hydrogens is 389 g/mol. The Morgan fingerprint density at radius 1 is 1.27 bits per heavy atom. The van der Waals surface area contributed by atoms with E-state index in [0.29, 0.717) is 5.56 Å². The molecule has 1 aliphatic rings. The van der Waals surface area contributed by atoms with Crippen molar-refractivity contribution in [3.05, 3.63) is 47.1 Å². The lowest BCUT2D eigenvalue weighted by molar-refractivity contribution is -0.137. The lowest BCUT2D eigenvalue weighted by atomic mass is 10.0. The van der Waals surface area contributed by atoms with Crippen LogP contribution < -0.4 is 5.32 Å². The van der Waals surface area contributed by atoms with Crippen LogP contribution in [0.2, 0.25) is 5.02 Å². The zero-order chi connectivity index (χ0) is 18.9. The highest BCUT2D eigenvalue weighted by Crippen LogP contribution is 2.36. The summed E-state index contributed by atoms with van der Waals surface area (Å²) in [7, 11) is 0. The van der Waals surface area contributed by atoms with E-state index in [4.69, 9.17) is 11.6 Å². The molecule has 2 heterocycles. The van der Waals surface area contributed by atoms with Crippen LogP contribution in [0.25, 0.3) is 11.1 Å². The number of hydrogen-bond acceptors (Lipinski definition) is 5. The molecule has 0 aliphatic carbocycles. The zero-order valence-electron chi connectivity index (χ0n) is 13.3. The summed E-state index contributed by atoms with van der Waals surface area (Å²) >= 11 is 7.10. The smallest absolute Gasteiger partial charge is 0.310 e. The van der Waals surface area contributed by atoms with Crippen molar-refractivity contribution in [1.29, 1.82) is 0 Å². The van der Waals surface area contributed by atoms with Crippen LogP contribution in [0.4, 0.5) is 19.0 Å². The third-order valence-corrected chi connectivity index (χ3v) is 5.06. The first-order chi connectivity index (χ1) is 12.3. The number of nitrogens with one attached hydrogen (secondary N) is 1. The van der Waals surface area contributed by atoms with Gasteiger partial charge in [0.15, 0.2) is 0 Å². The highest BCUT2D eigenvalue weighted by Gasteiger charge is 2.31. The average molecular weight is 401 g/mol. The van der Waals surface area contributed by atoms with Crippen molar-refractivity contribution >= 4 is 35.3 Å². The average Bonchev–Trinajstić information content (AvgIpc) is 3.01. The monoisotopic (exact) mass is 400 g/mol. The summed E-state index contributed by atoms with van der Waals surface area (Å²) in [6, 6.07) is 5.90. The maximum atomic E-state index is 12.9. The number of halogens is 4. The predicted octanol–water partition coefficient (Wildman–Crippen LogP) is 5.23. The third-order valence-electron chi connectivity index (χ3n) is 3.71. The van der Waals surface area contributed by atoms with Gasteiger partial charge in [0, 0.05) is 34.3 Å². The molecule has 0 bridgehead atoms. The topological polar surface area (TPSA) is 66.7 Å². The van der Waals surface area contributed by atoms with Gasteiger partial charge in [-0.15, -0.1) is 4.52 Å². The van der Waals surface area contributed by atoms with Gasteiger partial charge in [0.2, 0.25) is 5.91 Å². The van der Waals surface area contributed by atoms with E-state index in [1.54, 1.807) is 13.0 Å². The Balaban J connectivity index is 1.79. The molecule has 1 aromatic heterocycles. The molecule has 2 unspecified atom stereocenters. The van der Waals surface area contributed by atoms with Crippen LogP contribution >= 0.6 is 23.5 Å². The van der Waals surface area contributed by atoms with Crippen LogP contribution in [0, 0.1) is 0 Å². The molecule has 2 atom stereocenters. The van der Waals surface area contributed by atoms with Gasteiger partial charge in [-0.3, -0.25) is 4.79 Å². The summed E-state index contributed by atoms with van der Waals surface area (Å²) in [6.45, 7) is 1.78.